The van der Waals surface area contributed by atoms with E-state index < -0.39 is 15.6 Å². The van der Waals surface area contributed by atoms with Crippen molar-refractivity contribution in [1.82, 2.24) is 18.8 Å². The molecular formula is C28H45N5O5S. The monoisotopic (exact) mass is 563 g/mol. The minimum Gasteiger partial charge on any atom is -0.488 e. The summed E-state index contributed by atoms with van der Waals surface area (Å²) in [7, 11) is -3.50. The first-order chi connectivity index (χ1) is 18.3. The van der Waals surface area contributed by atoms with Gasteiger partial charge in [0.25, 0.3) is 5.56 Å². The molecule has 0 saturated carbocycles. The van der Waals surface area contributed by atoms with Crippen LogP contribution < -0.4 is 25.6 Å². The van der Waals surface area contributed by atoms with Gasteiger partial charge in [0.2, 0.25) is 10.0 Å². The summed E-state index contributed by atoms with van der Waals surface area (Å²) in [5.41, 5.74) is -0.963. The van der Waals surface area contributed by atoms with Gasteiger partial charge >= 0.3 is 5.69 Å². The second-order valence-corrected chi connectivity index (χ2v) is 13.1. The Hall–Kier alpha value is -2.63. The van der Waals surface area contributed by atoms with Crippen molar-refractivity contribution >= 4 is 15.8 Å². The van der Waals surface area contributed by atoms with Gasteiger partial charge in [-0.1, -0.05) is 6.92 Å². The molecule has 1 aliphatic rings. The molecule has 1 N–H and O–H groups in total. The highest BCUT2D eigenvalue weighted by Crippen LogP contribution is 2.24. The van der Waals surface area contributed by atoms with E-state index in [1.54, 1.807) is 34.9 Å². The van der Waals surface area contributed by atoms with Crippen LogP contribution >= 0.6 is 0 Å². The highest BCUT2D eigenvalue weighted by atomic mass is 32.2. The number of anilines is 1. The number of rotatable bonds is 12. The number of sulfonamides is 1. The SMILES string of the molecule is CCCNS(=O)(=O)c1ccc(OC(C)(C)CCN2CCN(c3cc(=O)n(C(C)C)c(=O)n3C(C)C)CC2)cc1. The third-order valence-corrected chi connectivity index (χ3v) is 8.46. The molecule has 218 valence electrons. The average Bonchev–Trinajstić information content (AvgIpc) is 2.86. The molecule has 0 bridgehead atoms. The summed E-state index contributed by atoms with van der Waals surface area (Å²) in [4.78, 5) is 30.6. The number of hydrogen-bond acceptors (Lipinski definition) is 7. The van der Waals surface area contributed by atoms with Crippen LogP contribution in [-0.4, -0.2) is 67.3 Å². The predicted molar refractivity (Wildman–Crippen MR) is 156 cm³/mol. The van der Waals surface area contributed by atoms with E-state index in [2.05, 4.69) is 14.5 Å². The maximum Gasteiger partial charge on any atom is 0.333 e. The first-order valence-electron chi connectivity index (χ1n) is 13.9. The first kappa shape index (κ1) is 30.9. The van der Waals surface area contributed by atoms with E-state index in [1.165, 1.54) is 4.57 Å². The number of nitrogens with zero attached hydrogens (tertiary/aromatic N) is 4. The Labute approximate surface area is 232 Å². The number of ether oxygens (including phenoxy) is 1. The van der Waals surface area contributed by atoms with E-state index in [-0.39, 0.29) is 28.2 Å². The summed E-state index contributed by atoms with van der Waals surface area (Å²) in [6, 6.07) is 7.88. The highest BCUT2D eigenvalue weighted by molar-refractivity contribution is 7.89. The van der Waals surface area contributed by atoms with Crippen molar-refractivity contribution in [3.05, 3.63) is 51.2 Å². The van der Waals surface area contributed by atoms with Gasteiger partial charge in [-0.25, -0.2) is 17.9 Å². The number of piperazine rings is 1. The standard InChI is InChI=1S/C28H45N5O5S/c1-8-14-29-39(36,37)24-11-9-23(10-12-24)38-28(6,7)13-15-30-16-18-31(19-17-30)25-20-26(34)33(22(4)5)27(35)32(25)21(2)3/h9-12,20-22,29H,8,13-19H2,1-7H3. The lowest BCUT2D eigenvalue weighted by molar-refractivity contribution is 0.0820. The zero-order valence-corrected chi connectivity index (χ0v) is 25.3. The zero-order valence-electron chi connectivity index (χ0n) is 24.4. The van der Waals surface area contributed by atoms with Gasteiger partial charge in [-0.2, -0.15) is 0 Å². The largest absolute Gasteiger partial charge is 0.488 e. The van der Waals surface area contributed by atoms with E-state index in [1.807, 2.05) is 48.5 Å². The summed E-state index contributed by atoms with van der Waals surface area (Å²) in [5, 5.41) is 0. The first-order valence-corrected chi connectivity index (χ1v) is 15.4. The molecule has 0 atom stereocenters. The van der Waals surface area contributed by atoms with Gasteiger partial charge in [0, 0.05) is 57.4 Å². The van der Waals surface area contributed by atoms with Gasteiger partial charge in [0.05, 0.1) is 4.90 Å². The number of nitrogens with one attached hydrogen (secondary N) is 1. The van der Waals surface area contributed by atoms with Crippen LogP contribution in [0.15, 0.2) is 44.8 Å². The summed E-state index contributed by atoms with van der Waals surface area (Å²) >= 11 is 0. The van der Waals surface area contributed by atoms with Crippen molar-refractivity contribution in [2.45, 2.75) is 83.9 Å². The molecule has 10 nitrogen and oxygen atoms in total. The average molecular weight is 564 g/mol. The molecule has 2 aromatic rings. The molecule has 0 aliphatic carbocycles. The van der Waals surface area contributed by atoms with Gasteiger partial charge in [0.1, 0.15) is 17.2 Å². The molecule has 3 rings (SSSR count). The Morgan fingerprint density at radius 1 is 0.949 bits per heavy atom. The summed E-state index contributed by atoms with van der Waals surface area (Å²) in [6.07, 6.45) is 1.51. The molecule has 1 aliphatic heterocycles. The fourth-order valence-electron chi connectivity index (χ4n) is 4.77. The minimum absolute atomic E-state index is 0.0594. The molecule has 11 heteroatoms. The van der Waals surface area contributed by atoms with Crippen LogP contribution in [0.2, 0.25) is 0 Å². The summed E-state index contributed by atoms with van der Waals surface area (Å²) < 4.78 is 36.4. The fraction of sp³-hybridized carbons (Fsp3) is 0.643. The number of hydrogen-bond donors (Lipinski definition) is 1. The number of benzene rings is 1. The van der Waals surface area contributed by atoms with Crippen molar-refractivity contribution in [2.75, 3.05) is 44.2 Å². The smallest absolute Gasteiger partial charge is 0.333 e. The second kappa shape index (κ2) is 12.7. The molecular weight excluding hydrogens is 518 g/mol. The second-order valence-electron chi connectivity index (χ2n) is 11.4. The molecule has 0 spiro atoms. The molecule has 0 unspecified atom stereocenters. The molecule has 1 fully saturated rings. The van der Waals surface area contributed by atoms with Crippen LogP contribution in [0.3, 0.4) is 0 Å². The van der Waals surface area contributed by atoms with Gasteiger partial charge in [-0.3, -0.25) is 18.8 Å². The topological polar surface area (TPSA) is 106 Å². The molecule has 0 radical (unpaired) electrons. The van der Waals surface area contributed by atoms with Crippen LogP contribution in [0.25, 0.3) is 0 Å². The third-order valence-electron chi connectivity index (χ3n) is 6.98. The molecule has 1 aromatic carbocycles. The summed E-state index contributed by atoms with van der Waals surface area (Å²) in [5.74, 6) is 1.32. The van der Waals surface area contributed by atoms with Crippen LogP contribution in [0.5, 0.6) is 5.75 Å². The normalized spacial score (nSPS) is 15.4. The molecule has 1 aromatic heterocycles. The van der Waals surface area contributed by atoms with E-state index in [0.717, 1.165) is 45.6 Å². The molecule has 2 heterocycles. The Balaban J connectivity index is 1.59. The molecule has 39 heavy (non-hydrogen) atoms. The van der Waals surface area contributed by atoms with Gasteiger partial charge in [-0.15, -0.1) is 0 Å². The quantitative estimate of drug-likeness (QED) is 0.423. The lowest BCUT2D eigenvalue weighted by Gasteiger charge is -2.38. The van der Waals surface area contributed by atoms with Crippen molar-refractivity contribution in [1.29, 1.82) is 0 Å². The number of aromatic nitrogens is 2. The Bertz CT molecular complexity index is 1320. The molecule has 0 amide bonds. The van der Waals surface area contributed by atoms with Crippen molar-refractivity contribution < 1.29 is 13.2 Å². The van der Waals surface area contributed by atoms with Crippen LogP contribution in [0.1, 0.15) is 73.4 Å². The zero-order chi connectivity index (χ0) is 29.0. The van der Waals surface area contributed by atoms with Crippen molar-refractivity contribution in [3.63, 3.8) is 0 Å². The van der Waals surface area contributed by atoms with Gasteiger partial charge < -0.3 is 9.64 Å². The van der Waals surface area contributed by atoms with E-state index in [9.17, 15) is 18.0 Å². The lowest BCUT2D eigenvalue weighted by Crippen LogP contribution is -2.51. The molecule has 1 saturated heterocycles. The van der Waals surface area contributed by atoms with Crippen molar-refractivity contribution in [2.24, 2.45) is 0 Å². The van der Waals surface area contributed by atoms with Gasteiger partial charge in [0.15, 0.2) is 0 Å². The van der Waals surface area contributed by atoms with E-state index in [0.29, 0.717) is 18.1 Å². The van der Waals surface area contributed by atoms with Crippen molar-refractivity contribution in [3.8, 4) is 5.75 Å². The van der Waals surface area contributed by atoms with E-state index >= 15 is 0 Å². The maximum atomic E-state index is 13.1. The van der Waals surface area contributed by atoms with Crippen LogP contribution in [0, 0.1) is 0 Å². The van der Waals surface area contributed by atoms with Crippen LogP contribution in [-0.2, 0) is 10.0 Å². The lowest BCUT2D eigenvalue weighted by atomic mass is 10.0. The van der Waals surface area contributed by atoms with E-state index in [4.69, 9.17) is 4.74 Å². The summed E-state index contributed by atoms with van der Waals surface area (Å²) in [6.45, 7) is 17.9. The Kier molecular flexibility index (Phi) is 10.1. The maximum absolute atomic E-state index is 13.1. The fourth-order valence-corrected chi connectivity index (χ4v) is 5.90. The predicted octanol–water partition coefficient (Wildman–Crippen LogP) is 3.23. The third kappa shape index (κ3) is 7.73. The highest BCUT2D eigenvalue weighted by Gasteiger charge is 2.26. The van der Waals surface area contributed by atoms with Gasteiger partial charge in [-0.05, 0) is 78.6 Å². The Morgan fingerprint density at radius 3 is 2.08 bits per heavy atom. The van der Waals surface area contributed by atoms with Crippen LogP contribution in [0.4, 0.5) is 5.82 Å². The Morgan fingerprint density at radius 2 is 1.54 bits per heavy atom. The minimum atomic E-state index is -3.50.